The lowest BCUT2D eigenvalue weighted by Crippen LogP contribution is -2.42. The molecular formula is C15H16Cl2F3NO. The van der Waals surface area contributed by atoms with Crippen LogP contribution in [0.2, 0.25) is 10.0 Å². The summed E-state index contributed by atoms with van der Waals surface area (Å²) in [7, 11) is 0. The average molecular weight is 354 g/mol. The molecule has 0 aliphatic heterocycles. The number of carbonyl (C=O) groups excluding carboxylic acids is 1. The van der Waals surface area contributed by atoms with Crippen LogP contribution in [-0.2, 0) is 11.2 Å². The van der Waals surface area contributed by atoms with Gasteiger partial charge in [-0.3, -0.25) is 4.79 Å². The van der Waals surface area contributed by atoms with Gasteiger partial charge in [-0.1, -0.05) is 35.7 Å². The van der Waals surface area contributed by atoms with Crippen molar-refractivity contribution in [3.63, 3.8) is 0 Å². The lowest BCUT2D eigenvalue weighted by Gasteiger charge is -2.31. The summed E-state index contributed by atoms with van der Waals surface area (Å²) in [5.41, 5.74) is 0.676. The molecule has 1 aliphatic carbocycles. The van der Waals surface area contributed by atoms with Crippen LogP contribution >= 0.6 is 23.2 Å². The van der Waals surface area contributed by atoms with Gasteiger partial charge in [0.2, 0.25) is 5.91 Å². The monoisotopic (exact) mass is 353 g/mol. The maximum absolute atomic E-state index is 12.7. The van der Waals surface area contributed by atoms with Gasteiger partial charge in [0.15, 0.2) is 0 Å². The molecule has 1 aromatic carbocycles. The minimum absolute atomic E-state index is 0.0450. The molecule has 2 nitrogen and oxygen atoms in total. The maximum atomic E-state index is 12.7. The van der Waals surface area contributed by atoms with Gasteiger partial charge in [-0.15, -0.1) is 0 Å². The lowest BCUT2D eigenvalue weighted by atomic mass is 9.85. The summed E-state index contributed by atoms with van der Waals surface area (Å²) in [5, 5.41) is 3.43. The smallest absolute Gasteiger partial charge is 0.353 e. The highest BCUT2D eigenvalue weighted by Crippen LogP contribution is 2.37. The first-order valence-electron chi connectivity index (χ1n) is 7.05. The second-order valence-corrected chi connectivity index (χ2v) is 6.41. The molecular weight excluding hydrogens is 338 g/mol. The highest BCUT2D eigenvalue weighted by molar-refractivity contribution is 6.42. The van der Waals surface area contributed by atoms with Gasteiger partial charge in [0.25, 0.3) is 0 Å². The van der Waals surface area contributed by atoms with Gasteiger partial charge in [0.1, 0.15) is 0 Å². The molecule has 22 heavy (non-hydrogen) atoms. The van der Waals surface area contributed by atoms with Crippen molar-refractivity contribution in [1.29, 1.82) is 0 Å². The molecule has 1 amide bonds. The molecule has 1 N–H and O–H groups in total. The minimum Gasteiger partial charge on any atom is -0.353 e. The summed E-state index contributed by atoms with van der Waals surface area (Å²) in [6, 6.07) is 4.43. The van der Waals surface area contributed by atoms with E-state index >= 15 is 0 Å². The van der Waals surface area contributed by atoms with E-state index in [-0.39, 0.29) is 25.2 Å². The Kier molecular flexibility index (Phi) is 5.61. The van der Waals surface area contributed by atoms with Gasteiger partial charge in [0, 0.05) is 6.04 Å². The van der Waals surface area contributed by atoms with Crippen LogP contribution in [0.1, 0.15) is 31.2 Å². The highest BCUT2D eigenvalue weighted by Gasteiger charge is 2.42. The molecule has 2 atom stereocenters. The van der Waals surface area contributed by atoms with Gasteiger partial charge in [0.05, 0.1) is 22.4 Å². The van der Waals surface area contributed by atoms with E-state index in [2.05, 4.69) is 5.32 Å². The second kappa shape index (κ2) is 7.09. The van der Waals surface area contributed by atoms with Crippen LogP contribution in [0.4, 0.5) is 13.2 Å². The number of carbonyl (C=O) groups is 1. The van der Waals surface area contributed by atoms with Crippen molar-refractivity contribution < 1.29 is 18.0 Å². The zero-order valence-electron chi connectivity index (χ0n) is 11.7. The molecule has 1 saturated carbocycles. The molecule has 1 fully saturated rings. The van der Waals surface area contributed by atoms with Crippen LogP contribution in [-0.4, -0.2) is 18.1 Å². The summed E-state index contributed by atoms with van der Waals surface area (Å²) in [6.45, 7) is 0. The van der Waals surface area contributed by atoms with Crippen molar-refractivity contribution in [3.8, 4) is 0 Å². The van der Waals surface area contributed by atoms with Crippen molar-refractivity contribution in [2.45, 2.75) is 44.3 Å². The van der Waals surface area contributed by atoms with Gasteiger partial charge in [-0.2, -0.15) is 13.2 Å². The lowest BCUT2D eigenvalue weighted by molar-refractivity contribution is -0.184. The Bertz CT molecular complexity index is 548. The molecule has 0 spiro atoms. The Balaban J connectivity index is 1.90. The zero-order chi connectivity index (χ0) is 16.3. The van der Waals surface area contributed by atoms with Crippen LogP contribution in [0.25, 0.3) is 0 Å². The van der Waals surface area contributed by atoms with Crippen molar-refractivity contribution in [2.24, 2.45) is 5.92 Å². The number of rotatable bonds is 3. The van der Waals surface area contributed by atoms with E-state index < -0.39 is 18.1 Å². The molecule has 2 unspecified atom stereocenters. The maximum Gasteiger partial charge on any atom is 0.391 e. The second-order valence-electron chi connectivity index (χ2n) is 5.59. The van der Waals surface area contributed by atoms with Crippen molar-refractivity contribution in [3.05, 3.63) is 33.8 Å². The van der Waals surface area contributed by atoms with Crippen LogP contribution in [0.3, 0.4) is 0 Å². The van der Waals surface area contributed by atoms with E-state index in [9.17, 15) is 18.0 Å². The molecule has 1 aromatic rings. The fourth-order valence-corrected chi connectivity index (χ4v) is 3.05. The third-order valence-electron chi connectivity index (χ3n) is 3.85. The van der Waals surface area contributed by atoms with Crippen molar-refractivity contribution in [2.75, 3.05) is 0 Å². The number of benzene rings is 1. The van der Waals surface area contributed by atoms with Gasteiger partial charge in [-0.05, 0) is 37.0 Å². The predicted molar refractivity (Wildman–Crippen MR) is 80.1 cm³/mol. The standard InChI is InChI=1S/C15H16Cl2F3NO/c16-12-5-4-9(6-13(12)17)7-14(22)21-11-3-1-2-10(8-11)15(18,19)20/h4-6,10-11H,1-3,7-8H2,(H,21,22). The average Bonchev–Trinajstić information content (AvgIpc) is 2.42. The Labute approximate surface area is 137 Å². The van der Waals surface area contributed by atoms with Crippen LogP contribution < -0.4 is 5.32 Å². The SMILES string of the molecule is O=C(Cc1ccc(Cl)c(Cl)c1)NC1CCCC(C(F)(F)F)C1. The molecule has 7 heteroatoms. The first kappa shape index (κ1) is 17.4. The van der Waals surface area contributed by atoms with E-state index in [1.54, 1.807) is 18.2 Å². The first-order chi connectivity index (χ1) is 10.3. The Morgan fingerprint density at radius 2 is 1.95 bits per heavy atom. The van der Waals surface area contributed by atoms with Crippen molar-refractivity contribution >= 4 is 29.1 Å². The van der Waals surface area contributed by atoms with E-state index in [4.69, 9.17) is 23.2 Å². The van der Waals surface area contributed by atoms with Gasteiger partial charge >= 0.3 is 6.18 Å². The summed E-state index contributed by atoms with van der Waals surface area (Å²) in [6.07, 6.45) is -2.96. The number of hydrogen-bond acceptors (Lipinski definition) is 1. The highest BCUT2D eigenvalue weighted by atomic mass is 35.5. The molecule has 0 aromatic heterocycles. The topological polar surface area (TPSA) is 29.1 Å². The molecule has 122 valence electrons. The fourth-order valence-electron chi connectivity index (χ4n) is 2.73. The summed E-state index contributed by atoms with van der Waals surface area (Å²) >= 11 is 11.7. The molecule has 0 bridgehead atoms. The molecule has 0 saturated heterocycles. The number of alkyl halides is 3. The number of amides is 1. The van der Waals surface area contributed by atoms with Gasteiger partial charge in [-0.25, -0.2) is 0 Å². The Hall–Kier alpha value is -0.940. The van der Waals surface area contributed by atoms with Gasteiger partial charge < -0.3 is 5.32 Å². The first-order valence-corrected chi connectivity index (χ1v) is 7.81. The number of hydrogen-bond donors (Lipinski definition) is 1. The molecule has 2 rings (SSSR count). The summed E-state index contributed by atoms with van der Waals surface area (Å²) in [5.74, 6) is -1.62. The normalized spacial score (nSPS) is 22.4. The van der Waals surface area contributed by atoms with E-state index in [0.717, 1.165) is 0 Å². The van der Waals surface area contributed by atoms with E-state index in [1.807, 2.05) is 0 Å². The Morgan fingerprint density at radius 1 is 1.23 bits per heavy atom. The quantitative estimate of drug-likeness (QED) is 0.832. The third-order valence-corrected chi connectivity index (χ3v) is 4.59. The van der Waals surface area contributed by atoms with Crippen LogP contribution in [0.5, 0.6) is 0 Å². The zero-order valence-corrected chi connectivity index (χ0v) is 13.2. The number of nitrogens with one attached hydrogen (secondary N) is 1. The Morgan fingerprint density at radius 3 is 2.59 bits per heavy atom. The molecule has 1 aliphatic rings. The fraction of sp³-hybridized carbons (Fsp3) is 0.533. The molecule has 0 radical (unpaired) electrons. The molecule has 0 heterocycles. The predicted octanol–water partition coefficient (Wildman–Crippen LogP) is 4.77. The third kappa shape index (κ3) is 4.78. The summed E-state index contributed by atoms with van der Waals surface area (Å²) in [4.78, 5) is 12.0. The minimum atomic E-state index is -4.19. The van der Waals surface area contributed by atoms with E-state index in [1.165, 1.54) is 0 Å². The largest absolute Gasteiger partial charge is 0.391 e. The van der Waals surface area contributed by atoms with E-state index in [0.29, 0.717) is 28.5 Å². The number of halogens is 5. The summed E-state index contributed by atoms with van der Waals surface area (Å²) < 4.78 is 38.2. The van der Waals surface area contributed by atoms with Crippen LogP contribution in [0, 0.1) is 5.92 Å². The van der Waals surface area contributed by atoms with Crippen molar-refractivity contribution in [1.82, 2.24) is 5.32 Å². The van der Waals surface area contributed by atoms with Crippen LogP contribution in [0.15, 0.2) is 18.2 Å².